The summed E-state index contributed by atoms with van der Waals surface area (Å²) < 4.78 is 4.91. The average Bonchev–Trinajstić information content (AvgIpc) is 2.75. The molecule has 0 aliphatic rings. The average molecular weight is 376 g/mol. The molecule has 0 saturated carbocycles. The highest BCUT2D eigenvalue weighted by molar-refractivity contribution is 6.05. The molecule has 0 aliphatic heterocycles. The van der Waals surface area contributed by atoms with Crippen molar-refractivity contribution in [2.75, 3.05) is 18.2 Å². The number of nitrogens with two attached hydrogens (primary N) is 2. The van der Waals surface area contributed by atoms with Crippen molar-refractivity contribution in [2.24, 2.45) is 5.73 Å². The molecule has 1 amide bonds. The number of carbonyl (C=O) groups excluding carboxylic acids is 2. The van der Waals surface area contributed by atoms with E-state index in [1.165, 1.54) is 13.3 Å². The Kier molecular flexibility index (Phi) is 5.37. The number of nitrogen functional groups attached to an aromatic ring is 1. The minimum atomic E-state index is -1.54. The van der Waals surface area contributed by atoms with Crippen LogP contribution < -0.4 is 16.8 Å². The Hall–Kier alpha value is -3.71. The van der Waals surface area contributed by atoms with Crippen molar-refractivity contribution >= 4 is 23.3 Å². The maximum Gasteiger partial charge on any atom is 0.335 e. The van der Waals surface area contributed by atoms with Crippen LogP contribution in [0.4, 0.5) is 11.4 Å². The quantitative estimate of drug-likeness (QED) is 0.464. The first kappa shape index (κ1) is 19.1. The zero-order valence-corrected chi connectivity index (χ0v) is 15.3. The Balaban J connectivity index is 1.91. The molecule has 0 spiro atoms. The fourth-order valence-electron chi connectivity index (χ4n) is 2.85. The molecule has 2 aromatic carbocycles. The van der Waals surface area contributed by atoms with E-state index in [1.54, 1.807) is 66.9 Å². The Morgan fingerprint density at radius 2 is 1.71 bits per heavy atom. The van der Waals surface area contributed by atoms with Crippen LogP contribution in [0.3, 0.4) is 0 Å². The van der Waals surface area contributed by atoms with Gasteiger partial charge < -0.3 is 21.5 Å². The third-order valence-electron chi connectivity index (χ3n) is 4.44. The number of amides is 1. The summed E-state index contributed by atoms with van der Waals surface area (Å²) in [5, 5.41) is 2.75. The number of rotatable bonds is 5. The van der Waals surface area contributed by atoms with E-state index in [0.29, 0.717) is 28.1 Å². The second-order valence-corrected chi connectivity index (χ2v) is 6.16. The standard InChI is InChI=1S/C21H20N4O3/c1-28-20(27)21(23,16-5-4-12-24-13-16)15-10-8-14(9-11-15)19(26)25-18-7-3-2-6-17(18)22/h2-13H,22-23H2,1H3,(H,25,26). The predicted molar refractivity (Wildman–Crippen MR) is 106 cm³/mol. The van der Waals surface area contributed by atoms with Crippen LogP contribution >= 0.6 is 0 Å². The largest absolute Gasteiger partial charge is 0.467 e. The van der Waals surface area contributed by atoms with Crippen LogP contribution in [0.15, 0.2) is 73.1 Å². The van der Waals surface area contributed by atoms with Gasteiger partial charge in [-0.3, -0.25) is 9.78 Å². The van der Waals surface area contributed by atoms with Gasteiger partial charge in [0.2, 0.25) is 0 Å². The fraction of sp³-hybridized carbons (Fsp3) is 0.0952. The van der Waals surface area contributed by atoms with E-state index in [-0.39, 0.29) is 5.91 Å². The number of nitrogens with one attached hydrogen (secondary N) is 1. The van der Waals surface area contributed by atoms with Gasteiger partial charge in [0.1, 0.15) is 0 Å². The van der Waals surface area contributed by atoms with Crippen LogP contribution in [0.5, 0.6) is 0 Å². The van der Waals surface area contributed by atoms with Crippen molar-refractivity contribution in [1.29, 1.82) is 0 Å². The van der Waals surface area contributed by atoms with Crippen LogP contribution in [0.2, 0.25) is 0 Å². The van der Waals surface area contributed by atoms with Crippen molar-refractivity contribution in [2.45, 2.75) is 5.54 Å². The highest BCUT2D eigenvalue weighted by Crippen LogP contribution is 2.28. The molecule has 3 aromatic rings. The van der Waals surface area contributed by atoms with Crippen LogP contribution in [0.1, 0.15) is 21.5 Å². The molecule has 1 unspecified atom stereocenters. The van der Waals surface area contributed by atoms with Gasteiger partial charge in [0.15, 0.2) is 5.54 Å². The highest BCUT2D eigenvalue weighted by Gasteiger charge is 2.39. The molecule has 28 heavy (non-hydrogen) atoms. The molecule has 7 heteroatoms. The number of pyridine rings is 1. The van der Waals surface area contributed by atoms with Crippen LogP contribution in [-0.2, 0) is 15.1 Å². The van der Waals surface area contributed by atoms with E-state index in [2.05, 4.69) is 10.3 Å². The van der Waals surface area contributed by atoms with Gasteiger partial charge in [0.25, 0.3) is 5.91 Å². The molecule has 142 valence electrons. The fourth-order valence-corrected chi connectivity index (χ4v) is 2.85. The SMILES string of the molecule is COC(=O)C(N)(c1ccc(C(=O)Nc2ccccc2N)cc1)c1cccnc1. The van der Waals surface area contributed by atoms with Gasteiger partial charge in [-0.15, -0.1) is 0 Å². The van der Waals surface area contributed by atoms with Crippen LogP contribution in [0.25, 0.3) is 0 Å². The first-order valence-electron chi connectivity index (χ1n) is 8.51. The lowest BCUT2D eigenvalue weighted by molar-refractivity contribution is -0.145. The van der Waals surface area contributed by atoms with Gasteiger partial charge in [-0.05, 0) is 35.9 Å². The van der Waals surface area contributed by atoms with Gasteiger partial charge in [-0.2, -0.15) is 0 Å². The molecule has 0 aliphatic carbocycles. The number of anilines is 2. The molecule has 0 saturated heterocycles. The third kappa shape index (κ3) is 3.56. The van der Waals surface area contributed by atoms with Crippen LogP contribution in [-0.4, -0.2) is 24.0 Å². The van der Waals surface area contributed by atoms with Gasteiger partial charge in [0.05, 0.1) is 18.5 Å². The summed E-state index contributed by atoms with van der Waals surface area (Å²) >= 11 is 0. The molecule has 1 aromatic heterocycles. The maximum atomic E-state index is 12.5. The van der Waals surface area contributed by atoms with E-state index in [1.807, 2.05) is 0 Å². The Bertz CT molecular complexity index is 990. The number of methoxy groups -OCH3 is 1. The van der Waals surface area contributed by atoms with Crippen molar-refractivity contribution in [3.8, 4) is 0 Å². The molecule has 0 fully saturated rings. The molecular weight excluding hydrogens is 356 g/mol. The van der Waals surface area contributed by atoms with Gasteiger partial charge >= 0.3 is 5.97 Å². The number of hydrogen-bond donors (Lipinski definition) is 3. The minimum Gasteiger partial charge on any atom is -0.467 e. The van der Waals surface area contributed by atoms with E-state index in [9.17, 15) is 9.59 Å². The number of hydrogen-bond acceptors (Lipinski definition) is 6. The number of esters is 1. The van der Waals surface area contributed by atoms with Crippen LogP contribution in [0, 0.1) is 0 Å². The zero-order valence-electron chi connectivity index (χ0n) is 15.3. The second-order valence-electron chi connectivity index (χ2n) is 6.16. The first-order valence-corrected chi connectivity index (χ1v) is 8.51. The Labute approximate surface area is 162 Å². The van der Waals surface area contributed by atoms with E-state index in [4.69, 9.17) is 16.2 Å². The minimum absolute atomic E-state index is 0.327. The van der Waals surface area contributed by atoms with Crippen molar-refractivity contribution in [3.63, 3.8) is 0 Å². The van der Waals surface area contributed by atoms with E-state index in [0.717, 1.165) is 0 Å². The summed E-state index contributed by atoms with van der Waals surface area (Å²) in [5.41, 5.74) is 13.1. The molecule has 3 rings (SSSR count). The Morgan fingerprint density at radius 1 is 1.00 bits per heavy atom. The number of benzene rings is 2. The topological polar surface area (TPSA) is 120 Å². The zero-order chi connectivity index (χ0) is 20.1. The lowest BCUT2D eigenvalue weighted by Gasteiger charge is -2.27. The summed E-state index contributed by atoms with van der Waals surface area (Å²) in [5.74, 6) is -0.957. The molecule has 1 heterocycles. The highest BCUT2D eigenvalue weighted by atomic mass is 16.5. The molecule has 1 atom stereocenters. The van der Waals surface area contributed by atoms with E-state index < -0.39 is 11.5 Å². The summed E-state index contributed by atoms with van der Waals surface area (Å²) in [6.07, 6.45) is 3.10. The second kappa shape index (κ2) is 7.89. The summed E-state index contributed by atoms with van der Waals surface area (Å²) in [7, 11) is 1.27. The van der Waals surface area contributed by atoms with E-state index >= 15 is 0 Å². The lowest BCUT2D eigenvalue weighted by Crippen LogP contribution is -2.46. The number of aromatic nitrogens is 1. The molecular formula is C21H20N4O3. The molecule has 5 N–H and O–H groups in total. The lowest BCUT2D eigenvalue weighted by atomic mass is 9.84. The predicted octanol–water partition coefficient (Wildman–Crippen LogP) is 2.29. The van der Waals surface area contributed by atoms with Crippen molar-refractivity contribution in [1.82, 2.24) is 4.98 Å². The maximum absolute atomic E-state index is 12.5. The molecule has 0 bridgehead atoms. The summed E-state index contributed by atoms with van der Waals surface area (Å²) in [6, 6.07) is 16.8. The van der Waals surface area contributed by atoms with Gasteiger partial charge in [0, 0.05) is 23.5 Å². The van der Waals surface area contributed by atoms with Gasteiger partial charge in [-0.25, -0.2) is 4.79 Å². The van der Waals surface area contributed by atoms with Crippen molar-refractivity contribution < 1.29 is 14.3 Å². The normalized spacial score (nSPS) is 12.6. The summed E-state index contributed by atoms with van der Waals surface area (Å²) in [4.78, 5) is 29.0. The number of para-hydroxylation sites is 2. The number of carbonyl (C=O) groups is 2. The van der Waals surface area contributed by atoms with Crippen molar-refractivity contribution in [3.05, 3.63) is 89.7 Å². The Morgan fingerprint density at radius 3 is 2.32 bits per heavy atom. The smallest absolute Gasteiger partial charge is 0.335 e. The molecule has 7 nitrogen and oxygen atoms in total. The number of nitrogens with zero attached hydrogens (tertiary/aromatic N) is 1. The first-order chi connectivity index (χ1) is 13.5. The number of ether oxygens (including phenoxy) is 1. The molecule has 0 radical (unpaired) electrons. The van der Waals surface area contributed by atoms with Gasteiger partial charge in [-0.1, -0.05) is 30.3 Å². The summed E-state index contributed by atoms with van der Waals surface area (Å²) in [6.45, 7) is 0. The monoisotopic (exact) mass is 376 g/mol. The third-order valence-corrected chi connectivity index (χ3v) is 4.44.